The first-order valence-corrected chi connectivity index (χ1v) is 6.10. The zero-order valence-electron chi connectivity index (χ0n) is 8.55. The van der Waals surface area contributed by atoms with Crippen LogP contribution in [-0.2, 0) is 4.79 Å². The normalized spacial score (nSPS) is 28.8. The van der Waals surface area contributed by atoms with Crippen LogP contribution in [0, 0.1) is 0 Å². The predicted octanol–water partition coefficient (Wildman–Crippen LogP) is 0.554. The summed E-state index contributed by atoms with van der Waals surface area (Å²) < 4.78 is 12.8. The van der Waals surface area contributed by atoms with Crippen molar-refractivity contribution >= 4 is 17.7 Å². The zero-order valence-corrected chi connectivity index (χ0v) is 9.36. The maximum absolute atomic E-state index is 12.8. The number of hydrogen-bond acceptors (Lipinski definition) is 3. The Balaban J connectivity index is 2.22. The summed E-state index contributed by atoms with van der Waals surface area (Å²) in [7, 11) is 0. The minimum absolute atomic E-state index is 0.0777. The molecule has 2 N–H and O–H groups in total. The van der Waals surface area contributed by atoms with Gasteiger partial charge in [-0.1, -0.05) is 6.92 Å². The van der Waals surface area contributed by atoms with Crippen molar-refractivity contribution in [1.29, 1.82) is 0 Å². The fourth-order valence-electron chi connectivity index (χ4n) is 1.34. The van der Waals surface area contributed by atoms with Gasteiger partial charge >= 0.3 is 0 Å². The molecule has 1 unspecified atom stereocenters. The van der Waals surface area contributed by atoms with Gasteiger partial charge in [0, 0.05) is 24.8 Å². The molecule has 1 rings (SSSR count). The molecule has 14 heavy (non-hydrogen) atoms. The Morgan fingerprint density at radius 1 is 1.79 bits per heavy atom. The molecule has 1 fully saturated rings. The number of carbonyl (C=O) groups excluding carboxylic acids is 1. The molecule has 1 amide bonds. The fraction of sp³-hybridized carbons (Fsp3) is 0.889. The molecule has 0 saturated carbocycles. The van der Waals surface area contributed by atoms with Gasteiger partial charge in [-0.2, -0.15) is 11.8 Å². The van der Waals surface area contributed by atoms with Crippen molar-refractivity contribution in [1.82, 2.24) is 10.6 Å². The SMILES string of the molecule is CSC(C)CNC(=O)[C@H]1C[C@H](F)CN1. The molecular weight excluding hydrogens is 203 g/mol. The quantitative estimate of drug-likeness (QED) is 0.727. The number of alkyl halides is 1. The van der Waals surface area contributed by atoms with E-state index in [4.69, 9.17) is 0 Å². The van der Waals surface area contributed by atoms with Crippen molar-refractivity contribution in [3.8, 4) is 0 Å². The first-order chi connectivity index (χ1) is 6.63. The third kappa shape index (κ3) is 3.46. The van der Waals surface area contributed by atoms with Crippen LogP contribution in [0.15, 0.2) is 0 Å². The first-order valence-electron chi connectivity index (χ1n) is 4.81. The minimum atomic E-state index is -0.872. The average Bonchev–Trinajstić information content (AvgIpc) is 2.60. The number of rotatable bonds is 4. The van der Waals surface area contributed by atoms with Crippen LogP contribution in [0.3, 0.4) is 0 Å². The highest BCUT2D eigenvalue weighted by Crippen LogP contribution is 2.10. The van der Waals surface area contributed by atoms with Gasteiger partial charge in [0.1, 0.15) is 6.17 Å². The van der Waals surface area contributed by atoms with Gasteiger partial charge in [0.15, 0.2) is 0 Å². The van der Waals surface area contributed by atoms with Gasteiger partial charge < -0.3 is 10.6 Å². The van der Waals surface area contributed by atoms with Crippen LogP contribution in [0.25, 0.3) is 0 Å². The van der Waals surface area contributed by atoms with Crippen LogP contribution in [0.4, 0.5) is 4.39 Å². The van der Waals surface area contributed by atoms with E-state index in [1.807, 2.05) is 13.2 Å². The number of carbonyl (C=O) groups is 1. The standard InChI is InChI=1S/C9H17FN2OS/c1-6(14-2)4-12-9(13)8-3-7(10)5-11-8/h6-8,11H,3-5H2,1-2H3,(H,12,13)/t6?,7-,8+/m0/s1. The van der Waals surface area contributed by atoms with Crippen LogP contribution in [0.2, 0.25) is 0 Å². The van der Waals surface area contributed by atoms with Crippen molar-refractivity contribution in [2.75, 3.05) is 19.3 Å². The second kappa shape index (κ2) is 5.56. The van der Waals surface area contributed by atoms with Crippen LogP contribution in [-0.4, -0.2) is 42.7 Å². The Morgan fingerprint density at radius 2 is 2.50 bits per heavy atom. The number of halogens is 1. The molecule has 0 aliphatic carbocycles. The van der Waals surface area contributed by atoms with Crippen LogP contribution in [0.5, 0.6) is 0 Å². The summed E-state index contributed by atoms with van der Waals surface area (Å²) in [6.45, 7) is 3.00. The number of thioether (sulfide) groups is 1. The molecular formula is C9H17FN2OS. The summed E-state index contributed by atoms with van der Waals surface area (Å²) in [5.74, 6) is -0.0777. The molecule has 1 heterocycles. The van der Waals surface area contributed by atoms with Gasteiger partial charge in [-0.15, -0.1) is 0 Å². The Kier molecular flexibility index (Phi) is 4.68. The lowest BCUT2D eigenvalue weighted by Gasteiger charge is -2.13. The van der Waals surface area contributed by atoms with E-state index in [9.17, 15) is 9.18 Å². The topological polar surface area (TPSA) is 41.1 Å². The number of hydrogen-bond donors (Lipinski definition) is 2. The average molecular weight is 220 g/mol. The van der Waals surface area contributed by atoms with Crippen molar-refractivity contribution in [2.24, 2.45) is 0 Å². The van der Waals surface area contributed by atoms with E-state index in [1.165, 1.54) is 0 Å². The highest BCUT2D eigenvalue weighted by molar-refractivity contribution is 7.99. The van der Waals surface area contributed by atoms with Gasteiger partial charge in [0.25, 0.3) is 0 Å². The molecule has 0 radical (unpaired) electrons. The molecule has 0 aromatic rings. The van der Waals surface area contributed by atoms with Crippen molar-refractivity contribution < 1.29 is 9.18 Å². The zero-order chi connectivity index (χ0) is 10.6. The van der Waals surface area contributed by atoms with E-state index >= 15 is 0 Å². The largest absolute Gasteiger partial charge is 0.354 e. The highest BCUT2D eigenvalue weighted by atomic mass is 32.2. The summed E-state index contributed by atoms with van der Waals surface area (Å²) in [6, 6.07) is -0.334. The summed E-state index contributed by atoms with van der Waals surface area (Å²) in [5, 5.41) is 6.07. The summed E-state index contributed by atoms with van der Waals surface area (Å²) in [4.78, 5) is 11.5. The molecule has 5 heteroatoms. The van der Waals surface area contributed by atoms with Crippen molar-refractivity contribution in [2.45, 2.75) is 30.8 Å². The van der Waals surface area contributed by atoms with Gasteiger partial charge in [-0.05, 0) is 6.26 Å². The van der Waals surface area contributed by atoms with Crippen molar-refractivity contribution in [3.63, 3.8) is 0 Å². The second-order valence-corrected chi connectivity index (χ2v) is 4.86. The Hall–Kier alpha value is -0.290. The minimum Gasteiger partial charge on any atom is -0.354 e. The molecule has 3 nitrogen and oxygen atoms in total. The van der Waals surface area contributed by atoms with Crippen molar-refractivity contribution in [3.05, 3.63) is 0 Å². The van der Waals surface area contributed by atoms with Gasteiger partial charge in [0.05, 0.1) is 6.04 Å². The lowest BCUT2D eigenvalue weighted by atomic mass is 10.2. The number of nitrogens with one attached hydrogen (secondary N) is 2. The van der Waals surface area contributed by atoms with Crippen LogP contribution >= 0.6 is 11.8 Å². The van der Waals surface area contributed by atoms with E-state index in [0.29, 0.717) is 24.8 Å². The third-order valence-corrected chi connectivity index (χ3v) is 3.33. The summed E-state index contributed by atoms with van der Waals surface area (Å²) >= 11 is 1.70. The lowest BCUT2D eigenvalue weighted by molar-refractivity contribution is -0.122. The van der Waals surface area contributed by atoms with Crippen LogP contribution in [0.1, 0.15) is 13.3 Å². The van der Waals surface area contributed by atoms with Crippen LogP contribution < -0.4 is 10.6 Å². The second-order valence-electron chi connectivity index (χ2n) is 3.59. The molecule has 0 aromatic carbocycles. The monoisotopic (exact) mass is 220 g/mol. The molecule has 1 aliphatic rings. The molecule has 0 spiro atoms. The summed E-state index contributed by atoms with van der Waals surface area (Å²) in [6.07, 6.45) is 1.44. The van der Waals surface area contributed by atoms with E-state index in [0.717, 1.165) is 0 Å². The highest BCUT2D eigenvalue weighted by Gasteiger charge is 2.28. The Labute approximate surface area is 88.2 Å². The molecule has 0 aromatic heterocycles. The summed E-state index contributed by atoms with van der Waals surface area (Å²) in [5.41, 5.74) is 0. The smallest absolute Gasteiger partial charge is 0.237 e. The van der Waals surface area contributed by atoms with Gasteiger partial charge in [0.2, 0.25) is 5.91 Å². The Bertz CT molecular complexity index is 203. The molecule has 1 aliphatic heterocycles. The molecule has 3 atom stereocenters. The molecule has 1 saturated heterocycles. The van der Waals surface area contributed by atoms with E-state index in [2.05, 4.69) is 10.6 Å². The third-order valence-electron chi connectivity index (χ3n) is 2.36. The maximum Gasteiger partial charge on any atom is 0.237 e. The maximum atomic E-state index is 12.8. The van der Waals surface area contributed by atoms with E-state index in [-0.39, 0.29) is 11.9 Å². The van der Waals surface area contributed by atoms with Gasteiger partial charge in [-0.25, -0.2) is 4.39 Å². The first kappa shape index (κ1) is 11.8. The molecule has 0 bridgehead atoms. The molecule has 82 valence electrons. The van der Waals surface area contributed by atoms with E-state index in [1.54, 1.807) is 11.8 Å². The van der Waals surface area contributed by atoms with Gasteiger partial charge in [-0.3, -0.25) is 4.79 Å². The predicted molar refractivity (Wildman–Crippen MR) is 57.3 cm³/mol. The van der Waals surface area contributed by atoms with E-state index < -0.39 is 6.17 Å². The number of amides is 1. The fourth-order valence-corrected chi connectivity index (χ4v) is 1.59. The Morgan fingerprint density at radius 3 is 3.00 bits per heavy atom. The lowest BCUT2D eigenvalue weighted by Crippen LogP contribution is -2.42.